The van der Waals surface area contributed by atoms with Crippen LogP contribution in [0.4, 0.5) is 9.59 Å². The Morgan fingerprint density at radius 3 is 2.17 bits per heavy atom. The predicted molar refractivity (Wildman–Crippen MR) is 92.8 cm³/mol. The Balaban J connectivity index is 2.43. The molecule has 4 N–H and O–H groups in total. The molecule has 6 nitrogen and oxygen atoms in total. The van der Waals surface area contributed by atoms with E-state index in [1.165, 1.54) is 0 Å². The van der Waals surface area contributed by atoms with Crippen molar-refractivity contribution in [1.29, 1.82) is 0 Å². The Morgan fingerprint density at radius 2 is 1.57 bits per heavy atom. The number of hydrogen-bond acceptors (Lipinski definition) is 2. The van der Waals surface area contributed by atoms with Crippen LogP contribution in [0.1, 0.15) is 46.0 Å². The van der Waals surface area contributed by atoms with E-state index >= 15 is 0 Å². The normalized spacial score (nSPS) is 13.5. The summed E-state index contributed by atoms with van der Waals surface area (Å²) in [5.74, 6) is 0. The Labute approximate surface area is 138 Å². The second kappa shape index (κ2) is 11.3. The van der Waals surface area contributed by atoms with E-state index in [1.807, 2.05) is 12.2 Å². The van der Waals surface area contributed by atoms with E-state index in [0.29, 0.717) is 25.2 Å². The lowest BCUT2D eigenvalue weighted by Gasteiger charge is -2.08. The molecule has 0 spiro atoms. The number of hydrogen-bond donors (Lipinski definition) is 4. The maximum absolute atomic E-state index is 11.7. The molecule has 0 aliphatic heterocycles. The van der Waals surface area contributed by atoms with Gasteiger partial charge in [0, 0.05) is 30.9 Å². The van der Waals surface area contributed by atoms with E-state index in [4.69, 9.17) is 0 Å². The summed E-state index contributed by atoms with van der Waals surface area (Å²) in [5.41, 5.74) is 1.49. The van der Waals surface area contributed by atoms with E-state index in [2.05, 4.69) is 35.1 Å². The van der Waals surface area contributed by atoms with Gasteiger partial charge in [0.05, 0.1) is 0 Å². The molecular formula is C17H28N4O2. The smallest absolute Gasteiger partial charge is 0.319 e. The third-order valence-corrected chi connectivity index (χ3v) is 3.26. The molecule has 23 heavy (non-hydrogen) atoms. The Bertz CT molecular complexity index is 481. The van der Waals surface area contributed by atoms with Gasteiger partial charge in [-0.15, -0.1) is 0 Å². The summed E-state index contributed by atoms with van der Waals surface area (Å²) in [7, 11) is 0. The predicted octanol–water partition coefficient (Wildman–Crippen LogP) is 2.91. The van der Waals surface area contributed by atoms with E-state index < -0.39 is 0 Å². The molecular weight excluding hydrogens is 292 g/mol. The first-order valence-corrected chi connectivity index (χ1v) is 8.32. The highest BCUT2D eigenvalue weighted by atomic mass is 16.2. The third-order valence-electron chi connectivity index (χ3n) is 3.26. The minimum Gasteiger partial charge on any atom is -0.338 e. The Morgan fingerprint density at radius 1 is 0.957 bits per heavy atom. The molecule has 0 bridgehead atoms. The molecule has 1 aliphatic rings. The van der Waals surface area contributed by atoms with Gasteiger partial charge < -0.3 is 21.3 Å². The van der Waals surface area contributed by atoms with Gasteiger partial charge in [0.25, 0.3) is 0 Å². The second-order valence-electron chi connectivity index (χ2n) is 5.39. The van der Waals surface area contributed by atoms with E-state index in [1.54, 1.807) is 12.2 Å². The molecule has 0 saturated heterocycles. The first kappa shape index (κ1) is 18.8. The SMILES string of the molecule is CCCCNC(=O)NC1=CC=C(NC(=O)NCCCC)CC=C1. The van der Waals surface area contributed by atoms with Gasteiger partial charge in [-0.3, -0.25) is 0 Å². The minimum atomic E-state index is -0.212. The fourth-order valence-corrected chi connectivity index (χ4v) is 1.93. The van der Waals surface area contributed by atoms with Gasteiger partial charge >= 0.3 is 12.1 Å². The second-order valence-corrected chi connectivity index (χ2v) is 5.39. The van der Waals surface area contributed by atoms with E-state index in [0.717, 1.165) is 31.4 Å². The number of carbonyl (C=O) groups excluding carboxylic acids is 2. The van der Waals surface area contributed by atoms with Crippen molar-refractivity contribution >= 4 is 12.1 Å². The van der Waals surface area contributed by atoms with Crippen LogP contribution in [0, 0.1) is 0 Å². The van der Waals surface area contributed by atoms with Crippen LogP contribution in [0.5, 0.6) is 0 Å². The zero-order chi connectivity index (χ0) is 16.9. The van der Waals surface area contributed by atoms with Crippen LogP contribution in [0.25, 0.3) is 0 Å². The van der Waals surface area contributed by atoms with Gasteiger partial charge in [-0.25, -0.2) is 9.59 Å². The molecule has 128 valence electrons. The maximum Gasteiger partial charge on any atom is 0.319 e. The average molecular weight is 320 g/mol. The number of allylic oxidation sites excluding steroid dienone is 4. The largest absolute Gasteiger partial charge is 0.338 e. The summed E-state index contributed by atoms with van der Waals surface area (Å²) in [4.78, 5) is 23.4. The van der Waals surface area contributed by atoms with Crippen molar-refractivity contribution in [1.82, 2.24) is 21.3 Å². The summed E-state index contributed by atoms with van der Waals surface area (Å²) < 4.78 is 0. The molecule has 0 radical (unpaired) electrons. The van der Waals surface area contributed by atoms with Crippen molar-refractivity contribution in [2.75, 3.05) is 13.1 Å². The summed E-state index contributed by atoms with van der Waals surface area (Å²) in [6, 6.07) is -0.406. The zero-order valence-corrected chi connectivity index (χ0v) is 14.1. The van der Waals surface area contributed by atoms with E-state index in [-0.39, 0.29) is 12.1 Å². The van der Waals surface area contributed by atoms with Crippen LogP contribution in [-0.4, -0.2) is 25.2 Å². The van der Waals surface area contributed by atoms with Crippen LogP contribution in [0.2, 0.25) is 0 Å². The summed E-state index contributed by atoms with van der Waals surface area (Å²) in [5, 5.41) is 11.2. The van der Waals surface area contributed by atoms with Gasteiger partial charge in [0.2, 0.25) is 0 Å². The van der Waals surface area contributed by atoms with Crippen LogP contribution in [0.3, 0.4) is 0 Å². The quantitative estimate of drug-likeness (QED) is 0.519. The monoisotopic (exact) mass is 320 g/mol. The third kappa shape index (κ3) is 8.70. The van der Waals surface area contributed by atoms with Crippen molar-refractivity contribution in [2.45, 2.75) is 46.0 Å². The number of carbonyl (C=O) groups is 2. The van der Waals surface area contributed by atoms with Gasteiger partial charge in [-0.05, 0) is 31.1 Å². The summed E-state index contributed by atoms with van der Waals surface area (Å²) in [6.45, 7) is 5.50. The minimum absolute atomic E-state index is 0.194. The highest BCUT2D eigenvalue weighted by molar-refractivity contribution is 5.77. The number of amides is 4. The van der Waals surface area contributed by atoms with Gasteiger partial charge in [-0.1, -0.05) is 32.8 Å². The molecule has 0 saturated carbocycles. The maximum atomic E-state index is 11.7. The van der Waals surface area contributed by atoms with Gasteiger partial charge in [0.15, 0.2) is 0 Å². The molecule has 0 aromatic heterocycles. The van der Waals surface area contributed by atoms with Crippen LogP contribution >= 0.6 is 0 Å². The van der Waals surface area contributed by atoms with E-state index in [9.17, 15) is 9.59 Å². The highest BCUT2D eigenvalue weighted by Crippen LogP contribution is 2.07. The average Bonchev–Trinajstić information content (AvgIpc) is 2.73. The van der Waals surface area contributed by atoms with Crippen molar-refractivity contribution in [3.63, 3.8) is 0 Å². The molecule has 1 aliphatic carbocycles. The topological polar surface area (TPSA) is 82.3 Å². The number of nitrogens with one attached hydrogen (secondary N) is 4. The van der Waals surface area contributed by atoms with Gasteiger partial charge in [-0.2, -0.15) is 0 Å². The van der Waals surface area contributed by atoms with Crippen molar-refractivity contribution < 1.29 is 9.59 Å². The van der Waals surface area contributed by atoms with Crippen molar-refractivity contribution in [3.05, 3.63) is 35.7 Å². The molecule has 0 fully saturated rings. The highest BCUT2D eigenvalue weighted by Gasteiger charge is 2.06. The first-order valence-electron chi connectivity index (χ1n) is 8.32. The van der Waals surface area contributed by atoms with Crippen molar-refractivity contribution in [2.24, 2.45) is 0 Å². The van der Waals surface area contributed by atoms with Gasteiger partial charge in [0.1, 0.15) is 0 Å². The number of unbranched alkanes of at least 4 members (excludes halogenated alkanes) is 2. The standard InChI is InChI=1S/C17H28N4O2/c1-3-5-12-18-16(22)20-14-8-7-9-15(11-10-14)21-17(23)19-13-6-4-2/h7-8,10-11H,3-6,9,12-13H2,1-2H3,(H2,18,20,22)(H2,19,21,23). The fourth-order valence-electron chi connectivity index (χ4n) is 1.93. The fraction of sp³-hybridized carbons (Fsp3) is 0.529. The molecule has 0 aromatic rings. The molecule has 0 unspecified atom stereocenters. The molecule has 0 atom stereocenters. The molecule has 0 heterocycles. The lowest BCUT2D eigenvalue weighted by Crippen LogP contribution is -2.35. The van der Waals surface area contributed by atoms with Crippen LogP contribution in [-0.2, 0) is 0 Å². The lowest BCUT2D eigenvalue weighted by atomic mass is 10.3. The number of rotatable bonds is 8. The summed E-state index contributed by atoms with van der Waals surface area (Å²) >= 11 is 0. The Hall–Kier alpha value is -2.24. The molecule has 4 amide bonds. The summed E-state index contributed by atoms with van der Waals surface area (Å²) in [6.07, 6.45) is 12.0. The lowest BCUT2D eigenvalue weighted by molar-refractivity contribution is 0.242. The van der Waals surface area contributed by atoms with Crippen LogP contribution in [0.15, 0.2) is 35.7 Å². The van der Waals surface area contributed by atoms with Crippen molar-refractivity contribution in [3.8, 4) is 0 Å². The molecule has 6 heteroatoms. The molecule has 0 aromatic carbocycles. The zero-order valence-electron chi connectivity index (χ0n) is 14.1. The van der Waals surface area contributed by atoms with Crippen LogP contribution < -0.4 is 21.3 Å². The molecule has 1 rings (SSSR count). The number of urea groups is 2. The Kier molecular flexibility index (Phi) is 9.28. The first-order chi connectivity index (χ1) is 11.2.